The molecule has 0 saturated carbocycles. The van der Waals surface area contributed by atoms with E-state index in [-0.39, 0.29) is 60.3 Å². The van der Waals surface area contributed by atoms with Crippen molar-refractivity contribution in [1.82, 2.24) is 19.4 Å². The summed E-state index contributed by atoms with van der Waals surface area (Å²) >= 11 is 0. The van der Waals surface area contributed by atoms with Gasteiger partial charge in [0, 0.05) is 36.3 Å². The molecular weight excluding hydrogens is 508 g/mol. The highest BCUT2D eigenvalue weighted by molar-refractivity contribution is 7.89. The fraction of sp³-hybridized carbons (Fsp3) is 0.318. The molecule has 0 unspecified atom stereocenters. The van der Waals surface area contributed by atoms with Gasteiger partial charge in [-0.25, -0.2) is 17.2 Å². The van der Waals surface area contributed by atoms with Gasteiger partial charge in [-0.2, -0.15) is 13.1 Å². The summed E-state index contributed by atoms with van der Waals surface area (Å²) in [4.78, 5) is 14.1. The lowest BCUT2D eigenvalue weighted by Gasteiger charge is -2.36. The summed E-state index contributed by atoms with van der Waals surface area (Å²) in [5.41, 5.74) is -0.0103. The van der Waals surface area contributed by atoms with Crippen molar-refractivity contribution < 1.29 is 39.9 Å². The summed E-state index contributed by atoms with van der Waals surface area (Å²) in [5, 5.41) is 6.68. The molecule has 5 rings (SSSR count). The molecule has 1 fully saturated rings. The summed E-state index contributed by atoms with van der Waals surface area (Å²) in [6.07, 6.45) is -3.01. The zero-order valence-electron chi connectivity index (χ0n) is 18.4. The number of halogens is 4. The minimum atomic E-state index is -4.10. The topological polar surface area (TPSA) is 106 Å². The zero-order chi connectivity index (χ0) is 25.6. The van der Waals surface area contributed by atoms with E-state index in [0.717, 1.165) is 22.5 Å². The van der Waals surface area contributed by atoms with Crippen molar-refractivity contribution in [3.63, 3.8) is 0 Å². The third kappa shape index (κ3) is 4.35. The monoisotopic (exact) mass is 526 g/mol. The van der Waals surface area contributed by atoms with Gasteiger partial charge >= 0.3 is 6.43 Å². The molecule has 0 bridgehead atoms. The zero-order valence-corrected chi connectivity index (χ0v) is 19.2. The molecule has 14 heteroatoms. The van der Waals surface area contributed by atoms with Crippen molar-refractivity contribution in [2.24, 2.45) is 0 Å². The summed E-state index contributed by atoms with van der Waals surface area (Å²) in [7, 11) is -4.10. The summed E-state index contributed by atoms with van der Waals surface area (Å²) in [6.45, 7) is -0.187. The molecule has 0 radical (unpaired) electrons. The van der Waals surface area contributed by atoms with Crippen molar-refractivity contribution in [2.45, 2.75) is 23.9 Å². The van der Waals surface area contributed by atoms with Gasteiger partial charge in [-0.05, 0) is 30.3 Å². The van der Waals surface area contributed by atoms with Crippen LogP contribution in [0.3, 0.4) is 0 Å². The average molecular weight is 526 g/mol. The number of hydrogen-bond acceptors (Lipinski definition) is 7. The Kier molecular flexibility index (Phi) is 6.26. The van der Waals surface area contributed by atoms with Crippen molar-refractivity contribution in [3.8, 4) is 11.5 Å². The Balaban J connectivity index is 1.39. The maximum Gasteiger partial charge on any atom is 0.314 e. The highest BCUT2D eigenvalue weighted by atomic mass is 32.2. The molecule has 0 N–H and O–H groups in total. The van der Waals surface area contributed by atoms with Crippen LogP contribution in [0.5, 0.6) is 0 Å². The molecule has 36 heavy (non-hydrogen) atoms. The van der Waals surface area contributed by atoms with Crippen LogP contribution in [-0.4, -0.2) is 66.1 Å². The van der Waals surface area contributed by atoms with Crippen molar-refractivity contribution in [1.29, 1.82) is 0 Å². The van der Waals surface area contributed by atoms with Crippen molar-refractivity contribution >= 4 is 15.9 Å². The number of hydrogen-bond donors (Lipinski definition) is 0. The first-order valence-electron chi connectivity index (χ1n) is 10.7. The van der Waals surface area contributed by atoms with Gasteiger partial charge in [0.25, 0.3) is 11.8 Å². The number of nitrogens with zero attached hydrogens (tertiary/aromatic N) is 4. The average Bonchev–Trinajstić information content (AvgIpc) is 3.46. The van der Waals surface area contributed by atoms with Gasteiger partial charge in [0.05, 0.1) is 24.2 Å². The molecule has 2 aliphatic rings. The predicted molar refractivity (Wildman–Crippen MR) is 114 cm³/mol. The predicted octanol–water partition coefficient (Wildman–Crippen LogP) is 3.00. The molecular formula is C22H18F4N4O5S. The second-order valence-electron chi connectivity index (χ2n) is 8.22. The molecule has 3 aromatic rings. The third-order valence-corrected chi connectivity index (χ3v) is 7.89. The normalized spacial score (nSPS) is 18.8. The number of sulfonamides is 1. The lowest BCUT2D eigenvalue weighted by Crippen LogP contribution is -2.53. The Morgan fingerprint density at radius 3 is 2.67 bits per heavy atom. The summed E-state index contributed by atoms with van der Waals surface area (Å²) < 4.78 is 91.9. The first-order valence-corrected chi connectivity index (χ1v) is 12.2. The van der Waals surface area contributed by atoms with Crippen LogP contribution in [0.2, 0.25) is 0 Å². The van der Waals surface area contributed by atoms with E-state index in [9.17, 15) is 30.8 Å². The largest absolute Gasteiger partial charge is 0.415 e. The van der Waals surface area contributed by atoms with Crippen molar-refractivity contribution in [2.75, 3.05) is 26.3 Å². The minimum Gasteiger partial charge on any atom is -0.415 e. The SMILES string of the molecule is O=C1c2cc(-c3nnc(C(F)F)o3)cc(F)c2CN1C[C@H]1COCCN1S(=O)(=O)c1cccc(F)c1. The molecule has 9 nitrogen and oxygen atoms in total. The maximum atomic E-state index is 14.9. The number of aromatic nitrogens is 2. The first-order chi connectivity index (χ1) is 17.1. The lowest BCUT2D eigenvalue weighted by atomic mass is 10.1. The van der Waals surface area contributed by atoms with E-state index < -0.39 is 45.9 Å². The van der Waals surface area contributed by atoms with E-state index in [1.54, 1.807) is 0 Å². The van der Waals surface area contributed by atoms with E-state index in [1.165, 1.54) is 23.1 Å². The Morgan fingerprint density at radius 2 is 1.94 bits per heavy atom. The quantitative estimate of drug-likeness (QED) is 0.455. The number of benzene rings is 2. The summed E-state index contributed by atoms with van der Waals surface area (Å²) in [6, 6.07) is 6.05. The molecule has 0 spiro atoms. The molecule has 1 aromatic heterocycles. The van der Waals surface area contributed by atoms with Gasteiger partial charge in [-0.3, -0.25) is 4.79 Å². The number of rotatable bonds is 6. The molecule has 1 atom stereocenters. The van der Waals surface area contributed by atoms with Gasteiger partial charge in [0.15, 0.2) is 0 Å². The maximum absolute atomic E-state index is 14.9. The number of ether oxygens (including phenoxy) is 1. The van der Waals surface area contributed by atoms with Crippen LogP contribution in [-0.2, 0) is 21.3 Å². The van der Waals surface area contributed by atoms with Crippen LogP contribution in [0.1, 0.15) is 28.2 Å². The molecule has 1 amide bonds. The summed E-state index contributed by atoms with van der Waals surface area (Å²) in [5.74, 6) is -3.38. The van der Waals surface area contributed by atoms with Gasteiger partial charge in [-0.15, -0.1) is 10.2 Å². The fourth-order valence-corrected chi connectivity index (χ4v) is 5.87. The second kappa shape index (κ2) is 9.26. The lowest BCUT2D eigenvalue weighted by molar-refractivity contribution is 0.0183. The van der Waals surface area contributed by atoms with Crippen LogP contribution in [0.25, 0.3) is 11.5 Å². The minimum absolute atomic E-state index is 0.0133. The van der Waals surface area contributed by atoms with Gasteiger partial charge in [0.2, 0.25) is 15.9 Å². The van der Waals surface area contributed by atoms with Crippen LogP contribution >= 0.6 is 0 Å². The Labute approximate surface area is 202 Å². The van der Waals surface area contributed by atoms with E-state index in [4.69, 9.17) is 9.15 Å². The third-order valence-electron chi connectivity index (χ3n) is 5.94. The van der Waals surface area contributed by atoms with Crippen LogP contribution in [0.15, 0.2) is 45.7 Å². The van der Waals surface area contributed by atoms with Gasteiger partial charge in [0.1, 0.15) is 11.6 Å². The molecule has 1 saturated heterocycles. The van der Waals surface area contributed by atoms with Crippen molar-refractivity contribution in [3.05, 3.63) is 65.1 Å². The van der Waals surface area contributed by atoms with Crippen LogP contribution < -0.4 is 0 Å². The molecule has 0 aliphatic carbocycles. The Hall–Kier alpha value is -3.36. The van der Waals surface area contributed by atoms with E-state index in [2.05, 4.69) is 10.2 Å². The Bertz CT molecular complexity index is 1430. The molecule has 2 aromatic carbocycles. The van der Waals surface area contributed by atoms with Gasteiger partial charge in [-0.1, -0.05) is 6.07 Å². The molecule has 3 heterocycles. The molecule has 190 valence electrons. The highest BCUT2D eigenvalue weighted by Gasteiger charge is 2.39. The van der Waals surface area contributed by atoms with Crippen LogP contribution in [0.4, 0.5) is 17.6 Å². The number of fused-ring (bicyclic) bond motifs is 1. The number of carbonyl (C=O) groups excluding carboxylic acids is 1. The number of morpholine rings is 1. The number of amides is 1. The Morgan fingerprint density at radius 1 is 1.14 bits per heavy atom. The highest BCUT2D eigenvalue weighted by Crippen LogP contribution is 2.32. The number of alkyl halides is 2. The van der Waals surface area contributed by atoms with E-state index >= 15 is 0 Å². The number of carbonyl (C=O) groups is 1. The standard InChI is InChI=1S/C22H18F4N4O5S/c23-13-2-1-3-15(8-13)36(32,33)30-4-5-34-11-14(30)9-29-10-17-16(22(29)31)6-12(7-18(17)24)20-27-28-21(35-20)19(25)26/h1-3,6-8,14,19H,4-5,9-11H2/t14-/m0/s1. The smallest absolute Gasteiger partial charge is 0.314 e. The fourth-order valence-electron chi connectivity index (χ4n) is 4.25. The van der Waals surface area contributed by atoms with E-state index in [1.807, 2.05) is 0 Å². The second-order valence-corrected chi connectivity index (χ2v) is 10.1. The molecule has 2 aliphatic heterocycles. The van der Waals surface area contributed by atoms with Crippen LogP contribution in [0, 0.1) is 11.6 Å². The van der Waals surface area contributed by atoms with E-state index in [0.29, 0.717) is 0 Å². The van der Waals surface area contributed by atoms with Gasteiger partial charge < -0.3 is 14.1 Å². The first kappa shape index (κ1) is 24.3.